The molecular weight excluding hydrogens is 462 g/mol. The maximum Gasteiger partial charge on any atom is 0.326 e. The summed E-state index contributed by atoms with van der Waals surface area (Å²) in [5, 5.41) is 25.3. The summed E-state index contributed by atoms with van der Waals surface area (Å²) in [6.07, 6.45) is 6.89. The Hall–Kier alpha value is -2.94. The van der Waals surface area contributed by atoms with Gasteiger partial charge in [0.2, 0.25) is 11.8 Å². The minimum atomic E-state index is -1.04. The molecule has 1 fully saturated rings. The molecule has 0 aromatic heterocycles. The fraction of sp³-hybridized carbons (Fsp3) is 0.630. The van der Waals surface area contributed by atoms with Crippen LogP contribution in [-0.4, -0.2) is 70.1 Å². The largest absolute Gasteiger partial charge is 0.480 e. The summed E-state index contributed by atoms with van der Waals surface area (Å²) in [7, 11) is 0. The van der Waals surface area contributed by atoms with Crippen molar-refractivity contribution < 1.29 is 29.4 Å². The van der Waals surface area contributed by atoms with Crippen molar-refractivity contribution in [3.8, 4) is 0 Å². The van der Waals surface area contributed by atoms with E-state index in [1.165, 1.54) is 4.90 Å². The van der Waals surface area contributed by atoms with Crippen molar-refractivity contribution in [2.45, 2.75) is 95.7 Å². The number of carboxylic acid groups (broad SMARTS) is 2. The number of hydrogen-bond donors (Lipinski definition) is 4. The van der Waals surface area contributed by atoms with Crippen molar-refractivity contribution >= 4 is 23.8 Å². The number of aliphatic carboxylic acids is 2. The SMILES string of the molecule is CCCCCC(=O)NCCCC[C@H](NC(CCc1ccccc1)C(=O)O)C(=O)N1CCCC1C(=O)O. The number of likely N-dealkylation sites (tertiary alicyclic amines) is 1. The molecule has 1 aliphatic heterocycles. The van der Waals surface area contributed by atoms with Crippen LogP contribution in [-0.2, 0) is 25.6 Å². The van der Waals surface area contributed by atoms with E-state index in [9.17, 15) is 29.4 Å². The third kappa shape index (κ3) is 9.97. The quantitative estimate of drug-likeness (QED) is 0.240. The van der Waals surface area contributed by atoms with Gasteiger partial charge in [0.25, 0.3) is 0 Å². The second-order valence-electron chi connectivity index (χ2n) is 9.47. The highest BCUT2D eigenvalue weighted by atomic mass is 16.4. The van der Waals surface area contributed by atoms with Crippen molar-refractivity contribution in [3.05, 3.63) is 35.9 Å². The summed E-state index contributed by atoms with van der Waals surface area (Å²) in [6, 6.07) is 6.93. The van der Waals surface area contributed by atoms with E-state index in [1.807, 2.05) is 30.3 Å². The highest BCUT2D eigenvalue weighted by molar-refractivity contribution is 5.88. The number of aryl methyl sites for hydroxylation is 1. The normalized spacial score (nSPS) is 16.9. The molecule has 9 heteroatoms. The molecule has 0 spiro atoms. The van der Waals surface area contributed by atoms with E-state index in [2.05, 4.69) is 17.6 Å². The van der Waals surface area contributed by atoms with E-state index in [1.54, 1.807) is 0 Å². The monoisotopic (exact) mass is 503 g/mol. The second-order valence-corrected chi connectivity index (χ2v) is 9.47. The van der Waals surface area contributed by atoms with Gasteiger partial charge in [-0.2, -0.15) is 0 Å². The lowest BCUT2D eigenvalue weighted by Crippen LogP contribution is -2.54. The molecule has 2 amide bonds. The average Bonchev–Trinajstić information content (AvgIpc) is 3.36. The van der Waals surface area contributed by atoms with Crippen LogP contribution in [0.15, 0.2) is 30.3 Å². The summed E-state index contributed by atoms with van der Waals surface area (Å²) in [6.45, 7) is 2.92. The Labute approximate surface area is 213 Å². The van der Waals surface area contributed by atoms with E-state index < -0.39 is 30.1 Å². The van der Waals surface area contributed by atoms with Gasteiger partial charge in [-0.1, -0.05) is 50.1 Å². The third-order valence-electron chi connectivity index (χ3n) is 6.63. The maximum absolute atomic E-state index is 13.3. The zero-order chi connectivity index (χ0) is 26.3. The first kappa shape index (κ1) is 29.3. The van der Waals surface area contributed by atoms with Crippen LogP contribution in [0.3, 0.4) is 0 Å². The summed E-state index contributed by atoms with van der Waals surface area (Å²) in [4.78, 5) is 50.3. The fourth-order valence-electron chi connectivity index (χ4n) is 4.57. The molecular formula is C27H41N3O6. The van der Waals surface area contributed by atoms with Gasteiger partial charge in [-0.05, 0) is 56.9 Å². The predicted octanol–water partition coefficient (Wildman–Crippen LogP) is 2.97. The van der Waals surface area contributed by atoms with Gasteiger partial charge in [0.05, 0.1) is 6.04 Å². The fourth-order valence-corrected chi connectivity index (χ4v) is 4.57. The number of hydrogen-bond acceptors (Lipinski definition) is 5. The molecule has 4 N–H and O–H groups in total. The first-order chi connectivity index (χ1) is 17.3. The molecule has 200 valence electrons. The van der Waals surface area contributed by atoms with Crippen LogP contribution in [0, 0.1) is 0 Å². The van der Waals surface area contributed by atoms with Gasteiger partial charge in [-0.25, -0.2) is 4.79 Å². The predicted molar refractivity (Wildman–Crippen MR) is 136 cm³/mol. The summed E-state index contributed by atoms with van der Waals surface area (Å²) < 4.78 is 0. The van der Waals surface area contributed by atoms with Gasteiger partial charge in [-0.3, -0.25) is 19.7 Å². The Balaban J connectivity index is 1.98. The highest BCUT2D eigenvalue weighted by Gasteiger charge is 2.38. The second kappa shape index (κ2) is 15.9. The van der Waals surface area contributed by atoms with Crippen molar-refractivity contribution in [2.24, 2.45) is 0 Å². The number of rotatable bonds is 17. The van der Waals surface area contributed by atoms with Gasteiger partial charge >= 0.3 is 11.9 Å². The van der Waals surface area contributed by atoms with Crippen molar-refractivity contribution in [1.82, 2.24) is 15.5 Å². The average molecular weight is 504 g/mol. The van der Waals surface area contributed by atoms with Crippen molar-refractivity contribution in [1.29, 1.82) is 0 Å². The molecule has 0 saturated carbocycles. The first-order valence-corrected chi connectivity index (χ1v) is 13.2. The Bertz CT molecular complexity index is 847. The van der Waals surface area contributed by atoms with Gasteiger partial charge in [-0.15, -0.1) is 0 Å². The molecule has 1 aromatic carbocycles. The van der Waals surface area contributed by atoms with E-state index in [-0.39, 0.29) is 11.8 Å². The maximum atomic E-state index is 13.3. The third-order valence-corrected chi connectivity index (χ3v) is 6.63. The highest BCUT2D eigenvalue weighted by Crippen LogP contribution is 2.20. The number of amides is 2. The Morgan fingerprint density at radius 1 is 1.00 bits per heavy atom. The lowest BCUT2D eigenvalue weighted by atomic mass is 10.0. The number of unbranched alkanes of at least 4 members (excludes halogenated alkanes) is 3. The lowest BCUT2D eigenvalue weighted by Gasteiger charge is -2.29. The number of carbonyl (C=O) groups excluding carboxylic acids is 2. The molecule has 0 bridgehead atoms. The number of benzene rings is 1. The molecule has 1 aromatic rings. The van der Waals surface area contributed by atoms with Crippen LogP contribution in [0.2, 0.25) is 0 Å². The molecule has 2 unspecified atom stereocenters. The molecule has 1 heterocycles. The van der Waals surface area contributed by atoms with Crippen LogP contribution in [0.25, 0.3) is 0 Å². The van der Waals surface area contributed by atoms with Crippen LogP contribution in [0.1, 0.15) is 76.7 Å². The molecule has 36 heavy (non-hydrogen) atoms. The van der Waals surface area contributed by atoms with Crippen LogP contribution in [0.4, 0.5) is 0 Å². The number of carboxylic acids is 2. The van der Waals surface area contributed by atoms with Crippen LogP contribution in [0.5, 0.6) is 0 Å². The standard InChI is InChI=1S/C27H41N3O6/c1-2-3-5-15-24(31)28-18-9-8-13-21(25(32)30-19-10-14-23(30)27(35)36)29-22(26(33)34)17-16-20-11-6-4-7-12-20/h4,6-7,11-12,21-23,29H,2-3,5,8-10,13-19H2,1H3,(H,28,31)(H,33,34)(H,35,36)/t21-,22?,23?/m0/s1. The van der Waals surface area contributed by atoms with Crippen LogP contribution >= 0.6 is 0 Å². The molecule has 2 rings (SSSR count). The lowest BCUT2D eigenvalue weighted by molar-refractivity contribution is -0.149. The van der Waals surface area contributed by atoms with Gasteiger partial charge in [0.15, 0.2) is 0 Å². The van der Waals surface area contributed by atoms with E-state index in [0.717, 1.165) is 24.8 Å². The van der Waals surface area contributed by atoms with Gasteiger partial charge < -0.3 is 20.4 Å². The van der Waals surface area contributed by atoms with Crippen LogP contribution < -0.4 is 10.6 Å². The first-order valence-electron chi connectivity index (χ1n) is 13.2. The van der Waals surface area contributed by atoms with Crippen molar-refractivity contribution in [3.63, 3.8) is 0 Å². The molecule has 0 aliphatic carbocycles. The smallest absolute Gasteiger partial charge is 0.326 e. The van der Waals surface area contributed by atoms with Gasteiger partial charge in [0.1, 0.15) is 12.1 Å². The van der Waals surface area contributed by atoms with Gasteiger partial charge in [0, 0.05) is 19.5 Å². The number of nitrogens with one attached hydrogen (secondary N) is 2. The summed E-state index contributed by atoms with van der Waals surface area (Å²) >= 11 is 0. The molecule has 3 atom stereocenters. The Kier molecular flexibility index (Phi) is 13.0. The number of nitrogens with zero attached hydrogens (tertiary/aromatic N) is 1. The minimum Gasteiger partial charge on any atom is -0.480 e. The zero-order valence-electron chi connectivity index (χ0n) is 21.3. The molecule has 1 saturated heterocycles. The molecule has 0 radical (unpaired) electrons. The Morgan fingerprint density at radius 3 is 2.42 bits per heavy atom. The molecule has 9 nitrogen and oxygen atoms in total. The Morgan fingerprint density at radius 2 is 1.75 bits per heavy atom. The topological polar surface area (TPSA) is 136 Å². The molecule has 1 aliphatic rings. The summed E-state index contributed by atoms with van der Waals surface area (Å²) in [5.41, 5.74) is 1.01. The summed E-state index contributed by atoms with van der Waals surface area (Å²) in [5.74, 6) is -2.43. The van der Waals surface area contributed by atoms with Crippen molar-refractivity contribution in [2.75, 3.05) is 13.1 Å². The van der Waals surface area contributed by atoms with E-state index in [0.29, 0.717) is 64.5 Å². The van der Waals surface area contributed by atoms with E-state index in [4.69, 9.17) is 0 Å². The minimum absolute atomic E-state index is 0.0161. The zero-order valence-corrected chi connectivity index (χ0v) is 21.3. The van der Waals surface area contributed by atoms with E-state index >= 15 is 0 Å². The number of carbonyl (C=O) groups is 4.